The number of nitrogens with zero attached hydrogens (tertiary/aromatic N) is 6. The van der Waals surface area contributed by atoms with Crippen LogP contribution in [0.1, 0.15) is 28.5 Å². The Hall–Kier alpha value is -3.60. The average molecular weight is 363 g/mol. The van der Waals surface area contributed by atoms with Gasteiger partial charge in [0.05, 0.1) is 18.4 Å². The maximum atomic E-state index is 9.64. The molecule has 0 radical (unpaired) electrons. The molecule has 0 saturated heterocycles. The van der Waals surface area contributed by atoms with Crippen LogP contribution in [-0.2, 0) is 6.54 Å². The van der Waals surface area contributed by atoms with Gasteiger partial charge in [-0.05, 0) is 43.7 Å². The van der Waals surface area contributed by atoms with Gasteiger partial charge in [0.1, 0.15) is 11.8 Å². The number of rotatable bonds is 5. The van der Waals surface area contributed by atoms with Gasteiger partial charge in [0.2, 0.25) is 11.9 Å². The highest BCUT2D eigenvalue weighted by molar-refractivity contribution is 5.88. The van der Waals surface area contributed by atoms with E-state index in [1.165, 1.54) is 0 Å². The van der Waals surface area contributed by atoms with Crippen LogP contribution in [-0.4, -0.2) is 33.6 Å². The SMILES string of the molecule is Cc1cc(/C=C(\C#N)c2nc(N)nc(N(C)C)n2)c(C)n1Cc1ccco1. The Labute approximate surface area is 157 Å². The monoisotopic (exact) mass is 363 g/mol. The first-order chi connectivity index (χ1) is 12.9. The highest BCUT2D eigenvalue weighted by atomic mass is 16.3. The van der Waals surface area contributed by atoms with E-state index in [9.17, 15) is 5.26 Å². The molecule has 3 rings (SSSR count). The third-order valence-electron chi connectivity index (χ3n) is 4.21. The Morgan fingerprint density at radius 3 is 2.74 bits per heavy atom. The average Bonchev–Trinajstić information content (AvgIpc) is 3.23. The van der Waals surface area contributed by atoms with Crippen molar-refractivity contribution in [3.63, 3.8) is 0 Å². The molecule has 27 heavy (non-hydrogen) atoms. The Kier molecular flexibility index (Phi) is 4.94. The summed E-state index contributed by atoms with van der Waals surface area (Å²) in [7, 11) is 3.60. The standard InChI is InChI=1S/C19H21N7O/c1-12-8-14(13(2)26(12)11-16-6-5-7-27-16)9-15(10-20)17-22-18(21)24-19(23-17)25(3)4/h5-9H,11H2,1-4H3,(H2,21,22,23,24)/b15-9+. The van der Waals surface area contributed by atoms with Gasteiger partial charge >= 0.3 is 0 Å². The van der Waals surface area contributed by atoms with Gasteiger partial charge in [-0.15, -0.1) is 0 Å². The molecule has 0 unspecified atom stereocenters. The number of anilines is 2. The molecular weight excluding hydrogens is 342 g/mol. The molecular formula is C19H21N7O. The smallest absolute Gasteiger partial charge is 0.230 e. The van der Waals surface area contributed by atoms with Gasteiger partial charge in [-0.1, -0.05) is 0 Å². The van der Waals surface area contributed by atoms with E-state index in [-0.39, 0.29) is 11.8 Å². The second-order valence-electron chi connectivity index (χ2n) is 6.37. The van der Waals surface area contributed by atoms with Crippen LogP contribution in [0.15, 0.2) is 28.9 Å². The number of aromatic nitrogens is 4. The number of hydrogen-bond donors (Lipinski definition) is 1. The van der Waals surface area contributed by atoms with Crippen LogP contribution in [0.5, 0.6) is 0 Å². The molecule has 0 saturated carbocycles. The fourth-order valence-electron chi connectivity index (χ4n) is 2.78. The van der Waals surface area contributed by atoms with Crippen LogP contribution < -0.4 is 10.6 Å². The summed E-state index contributed by atoms with van der Waals surface area (Å²) in [6.45, 7) is 4.65. The molecule has 138 valence electrons. The minimum absolute atomic E-state index is 0.0770. The van der Waals surface area contributed by atoms with E-state index >= 15 is 0 Å². The van der Waals surface area contributed by atoms with E-state index in [1.54, 1.807) is 31.3 Å². The lowest BCUT2D eigenvalue weighted by atomic mass is 10.1. The molecule has 0 aliphatic carbocycles. The Bertz CT molecular complexity index is 1020. The first-order valence-corrected chi connectivity index (χ1v) is 8.39. The van der Waals surface area contributed by atoms with Crippen molar-refractivity contribution in [3.8, 4) is 6.07 Å². The molecule has 0 amide bonds. The number of nitrogens with two attached hydrogens (primary N) is 1. The topological polar surface area (TPSA) is 110 Å². The van der Waals surface area contributed by atoms with Gasteiger partial charge in [-0.3, -0.25) is 0 Å². The van der Waals surface area contributed by atoms with E-state index in [0.717, 1.165) is 22.7 Å². The summed E-state index contributed by atoms with van der Waals surface area (Å²) in [6, 6.07) is 7.99. The van der Waals surface area contributed by atoms with Crippen LogP contribution in [0.2, 0.25) is 0 Å². The summed E-state index contributed by atoms with van der Waals surface area (Å²) in [6.07, 6.45) is 3.43. The van der Waals surface area contributed by atoms with Crippen molar-refractivity contribution in [2.75, 3.05) is 24.7 Å². The third kappa shape index (κ3) is 3.82. The first-order valence-electron chi connectivity index (χ1n) is 8.39. The van der Waals surface area contributed by atoms with Crippen LogP contribution in [0.25, 0.3) is 11.6 Å². The molecule has 0 fully saturated rings. The van der Waals surface area contributed by atoms with Gasteiger partial charge in [0, 0.05) is 25.5 Å². The largest absolute Gasteiger partial charge is 0.467 e. The van der Waals surface area contributed by atoms with Gasteiger partial charge < -0.3 is 19.6 Å². The van der Waals surface area contributed by atoms with Crippen molar-refractivity contribution in [3.05, 3.63) is 53.0 Å². The normalized spacial score (nSPS) is 11.4. The molecule has 3 aromatic rings. The first kappa shape index (κ1) is 18.2. The van der Waals surface area contributed by atoms with Crippen LogP contribution in [0, 0.1) is 25.2 Å². The summed E-state index contributed by atoms with van der Waals surface area (Å²) >= 11 is 0. The highest BCUT2D eigenvalue weighted by Gasteiger charge is 2.14. The fraction of sp³-hybridized carbons (Fsp3) is 0.263. The van der Waals surface area contributed by atoms with E-state index < -0.39 is 0 Å². The number of nitrogen functional groups attached to an aromatic ring is 1. The summed E-state index contributed by atoms with van der Waals surface area (Å²) in [5, 5.41) is 9.64. The highest BCUT2D eigenvalue weighted by Crippen LogP contribution is 2.23. The van der Waals surface area contributed by atoms with Crippen molar-refractivity contribution in [1.82, 2.24) is 19.5 Å². The lowest BCUT2D eigenvalue weighted by molar-refractivity contribution is 0.489. The van der Waals surface area contributed by atoms with Gasteiger partial charge in [0.15, 0.2) is 5.82 Å². The minimum Gasteiger partial charge on any atom is -0.467 e. The second kappa shape index (κ2) is 7.33. The summed E-state index contributed by atoms with van der Waals surface area (Å²) in [5.74, 6) is 1.60. The zero-order valence-corrected chi connectivity index (χ0v) is 15.8. The Morgan fingerprint density at radius 1 is 1.33 bits per heavy atom. The molecule has 0 spiro atoms. The van der Waals surface area contributed by atoms with Gasteiger partial charge in [-0.25, -0.2) is 0 Å². The predicted octanol–water partition coefficient (Wildman–Crippen LogP) is 2.64. The van der Waals surface area contributed by atoms with E-state index in [0.29, 0.717) is 18.1 Å². The third-order valence-corrected chi connectivity index (χ3v) is 4.21. The number of furan rings is 1. The predicted molar refractivity (Wildman–Crippen MR) is 104 cm³/mol. The lowest BCUT2D eigenvalue weighted by Crippen LogP contribution is -2.15. The van der Waals surface area contributed by atoms with Crippen molar-refractivity contribution in [1.29, 1.82) is 5.26 Å². The molecule has 2 N–H and O–H groups in total. The lowest BCUT2D eigenvalue weighted by Gasteiger charge is -2.11. The molecule has 0 atom stereocenters. The molecule has 3 heterocycles. The molecule has 8 nitrogen and oxygen atoms in total. The second-order valence-corrected chi connectivity index (χ2v) is 6.37. The summed E-state index contributed by atoms with van der Waals surface area (Å²) < 4.78 is 7.57. The summed E-state index contributed by atoms with van der Waals surface area (Å²) in [4.78, 5) is 14.2. The van der Waals surface area contributed by atoms with Crippen LogP contribution in [0.4, 0.5) is 11.9 Å². The summed E-state index contributed by atoms with van der Waals surface area (Å²) in [5.41, 5.74) is 9.11. The zero-order chi connectivity index (χ0) is 19.6. The number of nitriles is 1. The number of aryl methyl sites for hydroxylation is 1. The fourth-order valence-corrected chi connectivity index (χ4v) is 2.78. The van der Waals surface area contributed by atoms with E-state index in [2.05, 4.69) is 25.6 Å². The molecule has 0 aliphatic rings. The molecule has 0 bridgehead atoms. The minimum atomic E-state index is 0.0770. The number of allylic oxidation sites excluding steroid dienone is 1. The van der Waals surface area contributed by atoms with Crippen LogP contribution >= 0.6 is 0 Å². The van der Waals surface area contributed by atoms with Crippen molar-refractivity contribution >= 4 is 23.5 Å². The number of hydrogen-bond acceptors (Lipinski definition) is 7. The van der Waals surface area contributed by atoms with Crippen LogP contribution in [0.3, 0.4) is 0 Å². The zero-order valence-electron chi connectivity index (χ0n) is 15.8. The van der Waals surface area contributed by atoms with Gasteiger partial charge in [-0.2, -0.15) is 20.2 Å². The molecule has 0 aliphatic heterocycles. The van der Waals surface area contributed by atoms with Crippen molar-refractivity contribution in [2.24, 2.45) is 0 Å². The maximum absolute atomic E-state index is 9.64. The quantitative estimate of drug-likeness (QED) is 0.694. The molecule has 0 aromatic carbocycles. The van der Waals surface area contributed by atoms with E-state index in [4.69, 9.17) is 10.2 Å². The van der Waals surface area contributed by atoms with E-state index in [1.807, 2.05) is 32.0 Å². The van der Waals surface area contributed by atoms with Crippen molar-refractivity contribution < 1.29 is 4.42 Å². The maximum Gasteiger partial charge on any atom is 0.230 e. The molecule has 3 aromatic heterocycles. The van der Waals surface area contributed by atoms with Crippen molar-refractivity contribution in [2.45, 2.75) is 20.4 Å². The Balaban J connectivity index is 2.01. The van der Waals surface area contributed by atoms with Gasteiger partial charge in [0.25, 0.3) is 0 Å². The molecule has 8 heteroatoms. The Morgan fingerprint density at radius 2 is 2.11 bits per heavy atom.